The molecule has 2 saturated heterocycles. The summed E-state index contributed by atoms with van der Waals surface area (Å²) in [5.74, 6) is -0.935. The van der Waals surface area contributed by atoms with Crippen LogP contribution in [-0.4, -0.2) is 49.6 Å². The van der Waals surface area contributed by atoms with E-state index in [1.807, 2.05) is 62.4 Å². The molecule has 0 aromatic heterocycles. The van der Waals surface area contributed by atoms with E-state index in [1.165, 1.54) is 12.2 Å². The molecule has 166 valence electrons. The maximum Gasteiger partial charge on any atom is 0.331 e. The van der Waals surface area contributed by atoms with E-state index in [9.17, 15) is 9.59 Å². The maximum absolute atomic E-state index is 12.2. The predicted octanol–water partition coefficient (Wildman–Crippen LogP) is 3.65. The molecule has 6 nitrogen and oxygen atoms in total. The summed E-state index contributed by atoms with van der Waals surface area (Å²) in [6.45, 7) is 4.41. The van der Waals surface area contributed by atoms with Crippen molar-refractivity contribution in [2.45, 2.75) is 38.3 Å². The van der Waals surface area contributed by atoms with Crippen LogP contribution in [0, 0.1) is 13.8 Å². The van der Waals surface area contributed by atoms with Crippen LogP contribution in [0.3, 0.4) is 0 Å². The Labute approximate surface area is 187 Å². The van der Waals surface area contributed by atoms with Gasteiger partial charge in [-0.1, -0.05) is 59.7 Å². The third kappa shape index (κ3) is 5.52. The fourth-order valence-corrected chi connectivity index (χ4v) is 3.69. The Kier molecular flexibility index (Phi) is 6.83. The molecule has 0 aliphatic carbocycles. The lowest BCUT2D eigenvalue weighted by Crippen LogP contribution is -2.35. The summed E-state index contributed by atoms with van der Waals surface area (Å²) >= 11 is 0. The zero-order valence-electron chi connectivity index (χ0n) is 18.1. The molecule has 2 aliphatic heterocycles. The molecule has 4 atom stereocenters. The van der Waals surface area contributed by atoms with Crippen molar-refractivity contribution in [1.29, 1.82) is 0 Å². The fraction of sp³-hybridized carbons (Fsp3) is 0.308. The molecule has 0 saturated carbocycles. The van der Waals surface area contributed by atoms with Crippen molar-refractivity contribution in [3.8, 4) is 0 Å². The van der Waals surface area contributed by atoms with E-state index in [0.717, 1.165) is 22.3 Å². The largest absolute Gasteiger partial charge is 0.454 e. The van der Waals surface area contributed by atoms with Gasteiger partial charge in [0.15, 0.2) is 12.2 Å². The Hall–Kier alpha value is -3.22. The lowest BCUT2D eigenvalue weighted by molar-refractivity contribution is -0.149. The SMILES string of the molecule is Cc1ccc(/C=C/C(=O)O[C@@H]2CO[C@H]3[C@@H]2OC[C@H]3OC(=O)/C=C/c2ccc(C)cc2)cc1. The number of aryl methyl sites for hydroxylation is 2. The van der Waals surface area contributed by atoms with E-state index >= 15 is 0 Å². The molecule has 2 heterocycles. The van der Waals surface area contributed by atoms with Crippen LogP contribution in [0.25, 0.3) is 12.2 Å². The number of esters is 2. The monoisotopic (exact) mass is 434 g/mol. The molecule has 0 spiro atoms. The summed E-state index contributed by atoms with van der Waals surface area (Å²) in [6, 6.07) is 15.6. The van der Waals surface area contributed by atoms with Crippen molar-refractivity contribution in [1.82, 2.24) is 0 Å². The molecule has 0 bridgehead atoms. The average molecular weight is 434 g/mol. The van der Waals surface area contributed by atoms with Crippen LogP contribution < -0.4 is 0 Å². The van der Waals surface area contributed by atoms with Crippen molar-refractivity contribution >= 4 is 24.1 Å². The molecular weight excluding hydrogens is 408 g/mol. The van der Waals surface area contributed by atoms with Gasteiger partial charge in [-0.2, -0.15) is 0 Å². The van der Waals surface area contributed by atoms with Crippen LogP contribution in [0.4, 0.5) is 0 Å². The molecule has 2 aromatic rings. The number of hydrogen-bond acceptors (Lipinski definition) is 6. The summed E-state index contributed by atoms with van der Waals surface area (Å²) in [4.78, 5) is 24.4. The third-order valence-corrected chi connectivity index (χ3v) is 5.48. The van der Waals surface area contributed by atoms with Crippen molar-refractivity contribution in [3.05, 3.63) is 82.9 Å². The van der Waals surface area contributed by atoms with E-state index in [0.29, 0.717) is 0 Å². The molecule has 32 heavy (non-hydrogen) atoms. The summed E-state index contributed by atoms with van der Waals surface area (Å²) in [5, 5.41) is 0. The van der Waals surface area contributed by atoms with Crippen molar-refractivity contribution in [2.24, 2.45) is 0 Å². The van der Waals surface area contributed by atoms with Gasteiger partial charge in [0.1, 0.15) is 12.2 Å². The van der Waals surface area contributed by atoms with E-state index < -0.39 is 36.4 Å². The Balaban J connectivity index is 1.27. The second-order valence-corrected chi connectivity index (χ2v) is 8.03. The van der Waals surface area contributed by atoms with Gasteiger partial charge in [-0.25, -0.2) is 9.59 Å². The summed E-state index contributed by atoms with van der Waals surface area (Å²) in [7, 11) is 0. The van der Waals surface area contributed by atoms with Crippen LogP contribution in [0.5, 0.6) is 0 Å². The van der Waals surface area contributed by atoms with Gasteiger partial charge < -0.3 is 18.9 Å². The molecule has 0 amide bonds. The smallest absolute Gasteiger partial charge is 0.331 e. The standard InChI is InChI=1S/C26H26O6/c1-17-3-7-19(8-4-17)11-13-23(27)31-21-15-29-26-22(16-30-25(21)26)32-24(28)14-12-20-9-5-18(2)6-10-20/h3-14,21-22,25-26H,15-16H2,1-2H3/b13-11+,14-12+/t21-,22-,25-,26-/m1/s1. The lowest BCUT2D eigenvalue weighted by atomic mass is 10.1. The Morgan fingerprint density at radius 1 is 0.719 bits per heavy atom. The number of carbonyl (C=O) groups is 2. The molecule has 0 N–H and O–H groups in total. The van der Waals surface area contributed by atoms with E-state index in [1.54, 1.807) is 12.2 Å². The molecule has 4 rings (SSSR count). The van der Waals surface area contributed by atoms with E-state index in [4.69, 9.17) is 18.9 Å². The first-order valence-electron chi connectivity index (χ1n) is 10.6. The van der Waals surface area contributed by atoms with Gasteiger partial charge in [-0.3, -0.25) is 0 Å². The fourth-order valence-electron chi connectivity index (χ4n) is 3.69. The molecule has 6 heteroatoms. The first-order valence-corrected chi connectivity index (χ1v) is 10.6. The number of benzene rings is 2. The van der Waals surface area contributed by atoms with Crippen LogP contribution in [-0.2, 0) is 28.5 Å². The lowest BCUT2D eigenvalue weighted by Gasteiger charge is -2.16. The second-order valence-electron chi connectivity index (χ2n) is 8.03. The summed E-state index contributed by atoms with van der Waals surface area (Å²) in [6.07, 6.45) is 4.20. The van der Waals surface area contributed by atoms with Crippen LogP contribution in [0.1, 0.15) is 22.3 Å². The normalized spacial score (nSPS) is 24.7. The first-order chi connectivity index (χ1) is 15.5. The Morgan fingerprint density at radius 2 is 1.09 bits per heavy atom. The highest BCUT2D eigenvalue weighted by atomic mass is 16.7. The van der Waals surface area contributed by atoms with Crippen LogP contribution in [0.2, 0.25) is 0 Å². The number of hydrogen-bond donors (Lipinski definition) is 0. The predicted molar refractivity (Wildman–Crippen MR) is 120 cm³/mol. The van der Waals surface area contributed by atoms with Crippen LogP contribution >= 0.6 is 0 Å². The van der Waals surface area contributed by atoms with Gasteiger partial charge in [-0.15, -0.1) is 0 Å². The summed E-state index contributed by atoms with van der Waals surface area (Å²) in [5.41, 5.74) is 4.13. The van der Waals surface area contributed by atoms with Gasteiger partial charge in [0.05, 0.1) is 13.2 Å². The third-order valence-electron chi connectivity index (χ3n) is 5.48. The zero-order valence-corrected chi connectivity index (χ0v) is 18.1. The van der Waals surface area contributed by atoms with Gasteiger partial charge >= 0.3 is 11.9 Å². The van der Waals surface area contributed by atoms with Gasteiger partial charge in [0, 0.05) is 12.2 Å². The second kappa shape index (κ2) is 9.94. The minimum atomic E-state index is -0.540. The number of ether oxygens (including phenoxy) is 4. The minimum Gasteiger partial charge on any atom is -0.454 e. The highest BCUT2D eigenvalue weighted by Crippen LogP contribution is 2.30. The summed E-state index contributed by atoms with van der Waals surface area (Å²) < 4.78 is 22.5. The first kappa shape index (κ1) is 22.0. The van der Waals surface area contributed by atoms with E-state index in [2.05, 4.69) is 0 Å². The van der Waals surface area contributed by atoms with Gasteiger partial charge in [0.2, 0.25) is 0 Å². The Bertz CT molecular complexity index is 922. The average Bonchev–Trinajstić information content (AvgIpc) is 3.36. The molecule has 0 unspecified atom stereocenters. The zero-order chi connectivity index (χ0) is 22.5. The van der Waals surface area contributed by atoms with Crippen molar-refractivity contribution < 1.29 is 28.5 Å². The molecule has 0 radical (unpaired) electrons. The molecule has 2 fully saturated rings. The minimum absolute atomic E-state index is 0.201. The highest BCUT2D eigenvalue weighted by Gasteiger charge is 2.50. The molecule has 2 aliphatic rings. The number of fused-ring (bicyclic) bond motifs is 1. The molecular formula is C26H26O6. The quantitative estimate of drug-likeness (QED) is 0.511. The van der Waals surface area contributed by atoms with Crippen LogP contribution in [0.15, 0.2) is 60.7 Å². The van der Waals surface area contributed by atoms with Gasteiger partial charge in [-0.05, 0) is 37.1 Å². The highest BCUT2D eigenvalue weighted by molar-refractivity contribution is 5.87. The van der Waals surface area contributed by atoms with Gasteiger partial charge in [0.25, 0.3) is 0 Å². The topological polar surface area (TPSA) is 71.1 Å². The maximum atomic E-state index is 12.2. The van der Waals surface area contributed by atoms with E-state index in [-0.39, 0.29) is 13.2 Å². The number of carbonyl (C=O) groups excluding carboxylic acids is 2. The Morgan fingerprint density at radius 3 is 1.47 bits per heavy atom. The van der Waals surface area contributed by atoms with Crippen molar-refractivity contribution in [2.75, 3.05) is 13.2 Å². The molecule has 2 aromatic carbocycles. The van der Waals surface area contributed by atoms with Crippen molar-refractivity contribution in [3.63, 3.8) is 0 Å². The number of rotatable bonds is 6.